The first kappa shape index (κ1) is 13.3. The summed E-state index contributed by atoms with van der Waals surface area (Å²) < 4.78 is 5.81. The van der Waals surface area contributed by atoms with Crippen LogP contribution in [-0.2, 0) is 4.79 Å². The Bertz CT molecular complexity index is 743. The molecule has 0 atom stereocenters. The van der Waals surface area contributed by atoms with Gasteiger partial charge in [-0.2, -0.15) is 0 Å². The molecule has 0 unspecified atom stereocenters. The van der Waals surface area contributed by atoms with Crippen molar-refractivity contribution in [1.82, 2.24) is 0 Å². The number of aryl methyl sites for hydroxylation is 2. The number of hydrogen-bond donors (Lipinski definition) is 0. The minimum Gasteiger partial charge on any atom is -0.461 e. The van der Waals surface area contributed by atoms with Gasteiger partial charge >= 0.3 is 0 Å². The van der Waals surface area contributed by atoms with E-state index in [0.717, 1.165) is 22.9 Å². The van der Waals surface area contributed by atoms with Crippen LogP contribution in [0.5, 0.6) is 0 Å². The molecule has 104 valence electrons. The molecule has 0 bridgehead atoms. The Hall–Kier alpha value is -1.68. The summed E-state index contributed by atoms with van der Waals surface area (Å²) in [4.78, 5) is 14.8. The summed E-state index contributed by atoms with van der Waals surface area (Å²) in [5, 5.41) is 2.17. The lowest BCUT2D eigenvalue weighted by Crippen LogP contribution is -2.17. The van der Waals surface area contributed by atoms with E-state index in [9.17, 15) is 4.79 Å². The molecule has 0 amide bonds. The second-order valence-corrected chi connectivity index (χ2v) is 6.07. The molecule has 3 nitrogen and oxygen atoms in total. The smallest absolute Gasteiger partial charge is 0.155 e. The fourth-order valence-electron chi connectivity index (χ4n) is 2.64. The maximum Gasteiger partial charge on any atom is 0.155 e. The number of hydrogen-bond acceptors (Lipinski definition) is 4. The summed E-state index contributed by atoms with van der Waals surface area (Å²) in [5.41, 5.74) is 3.28. The largest absolute Gasteiger partial charge is 0.461 e. The lowest BCUT2D eigenvalue weighted by Gasteiger charge is -2.18. The molecule has 0 spiro atoms. The summed E-state index contributed by atoms with van der Waals surface area (Å²) in [6.45, 7) is 8.61. The zero-order chi connectivity index (χ0) is 14.4. The maximum atomic E-state index is 11.4. The van der Waals surface area contributed by atoms with Gasteiger partial charge in [0.05, 0.1) is 10.7 Å². The second kappa shape index (κ2) is 4.70. The molecule has 20 heavy (non-hydrogen) atoms. The summed E-state index contributed by atoms with van der Waals surface area (Å²) in [6, 6.07) is 4.10. The Labute approximate surface area is 122 Å². The van der Waals surface area contributed by atoms with Crippen molar-refractivity contribution in [3.8, 4) is 0 Å². The van der Waals surface area contributed by atoms with E-state index in [-0.39, 0.29) is 5.78 Å². The van der Waals surface area contributed by atoms with Crippen molar-refractivity contribution in [3.05, 3.63) is 34.6 Å². The van der Waals surface area contributed by atoms with Gasteiger partial charge in [-0.25, -0.2) is 0 Å². The summed E-state index contributed by atoms with van der Waals surface area (Å²) in [6.07, 6.45) is 1.71. The van der Waals surface area contributed by atoms with E-state index in [4.69, 9.17) is 4.42 Å². The Morgan fingerprint density at radius 2 is 2.15 bits per heavy atom. The normalized spacial score (nSPS) is 16.2. The van der Waals surface area contributed by atoms with Crippen LogP contribution >= 0.6 is 11.8 Å². The van der Waals surface area contributed by atoms with Crippen molar-refractivity contribution in [2.24, 2.45) is 0 Å². The Morgan fingerprint density at radius 1 is 1.40 bits per heavy atom. The molecule has 0 N–H and O–H groups in total. The third-order valence-corrected chi connectivity index (χ3v) is 4.76. The molecule has 0 saturated carbocycles. The van der Waals surface area contributed by atoms with Gasteiger partial charge in [-0.05, 0) is 39.8 Å². The monoisotopic (exact) mass is 287 g/mol. The summed E-state index contributed by atoms with van der Waals surface area (Å²) >= 11 is 1.65. The SMILES string of the molecule is CCN1/C(=C/C(C)=O)Sc2ccc3oc(C)c(C)c3c21. The fraction of sp³-hybridized carbons (Fsp3) is 0.312. The Balaban J connectivity index is 2.28. The second-order valence-electron chi connectivity index (χ2n) is 5.01. The van der Waals surface area contributed by atoms with Crippen LogP contribution in [0.25, 0.3) is 11.0 Å². The van der Waals surface area contributed by atoms with Crippen molar-refractivity contribution in [2.75, 3.05) is 11.4 Å². The number of carbonyl (C=O) groups excluding carboxylic acids is 1. The Kier molecular flexibility index (Phi) is 3.13. The van der Waals surface area contributed by atoms with Crippen LogP contribution in [0.1, 0.15) is 25.2 Å². The standard InChI is InChI=1S/C16H17NO2S/c1-5-17-14(8-9(2)18)20-13-7-6-12-15(16(13)17)10(3)11(4)19-12/h6-8H,5H2,1-4H3/b14-8-. The van der Waals surface area contributed by atoms with Crippen LogP contribution < -0.4 is 4.90 Å². The van der Waals surface area contributed by atoms with Gasteiger partial charge in [0.25, 0.3) is 0 Å². The lowest BCUT2D eigenvalue weighted by molar-refractivity contribution is -0.112. The van der Waals surface area contributed by atoms with Crippen LogP contribution in [0.15, 0.2) is 32.6 Å². The third-order valence-electron chi connectivity index (χ3n) is 3.66. The highest BCUT2D eigenvalue weighted by Gasteiger charge is 2.28. The zero-order valence-corrected chi connectivity index (χ0v) is 12.9. The van der Waals surface area contributed by atoms with E-state index in [1.807, 2.05) is 13.0 Å². The molecule has 0 aliphatic carbocycles. The van der Waals surface area contributed by atoms with Crippen molar-refractivity contribution in [2.45, 2.75) is 32.6 Å². The molecular formula is C16H17NO2S. The number of rotatable bonds is 2. The van der Waals surface area contributed by atoms with E-state index in [1.165, 1.54) is 21.5 Å². The minimum absolute atomic E-state index is 0.0788. The number of fused-ring (bicyclic) bond motifs is 3. The zero-order valence-electron chi connectivity index (χ0n) is 12.1. The van der Waals surface area contributed by atoms with Crippen molar-refractivity contribution >= 4 is 34.2 Å². The third kappa shape index (κ3) is 1.86. The van der Waals surface area contributed by atoms with Crippen molar-refractivity contribution < 1.29 is 9.21 Å². The minimum atomic E-state index is 0.0788. The van der Waals surface area contributed by atoms with Gasteiger partial charge < -0.3 is 9.32 Å². The van der Waals surface area contributed by atoms with Gasteiger partial charge in [-0.15, -0.1) is 0 Å². The highest BCUT2D eigenvalue weighted by molar-refractivity contribution is 8.03. The topological polar surface area (TPSA) is 33.5 Å². The quantitative estimate of drug-likeness (QED) is 0.766. The number of benzene rings is 1. The molecule has 0 radical (unpaired) electrons. The van der Waals surface area contributed by atoms with Gasteiger partial charge in [0.15, 0.2) is 5.78 Å². The van der Waals surface area contributed by atoms with E-state index < -0.39 is 0 Å². The van der Waals surface area contributed by atoms with Gasteiger partial charge in [0, 0.05) is 28.5 Å². The Morgan fingerprint density at radius 3 is 2.80 bits per heavy atom. The highest BCUT2D eigenvalue weighted by atomic mass is 32.2. The predicted octanol–water partition coefficient (Wildman–Crippen LogP) is 4.41. The first-order valence-corrected chi connectivity index (χ1v) is 7.55. The molecule has 1 aromatic carbocycles. The molecule has 2 aromatic rings. The first-order chi connectivity index (χ1) is 9.52. The number of ketones is 1. The van der Waals surface area contributed by atoms with E-state index in [2.05, 4.69) is 24.8 Å². The predicted molar refractivity (Wildman–Crippen MR) is 83.3 cm³/mol. The summed E-state index contributed by atoms with van der Waals surface area (Å²) in [5.74, 6) is 1.04. The molecule has 1 aliphatic rings. The van der Waals surface area contributed by atoms with Crippen LogP contribution in [0.4, 0.5) is 5.69 Å². The molecule has 0 fully saturated rings. The van der Waals surface area contributed by atoms with Gasteiger partial charge in [-0.3, -0.25) is 4.79 Å². The van der Waals surface area contributed by atoms with Crippen LogP contribution in [0.3, 0.4) is 0 Å². The molecule has 4 heteroatoms. The number of thioether (sulfide) groups is 1. The molecular weight excluding hydrogens is 270 g/mol. The molecule has 0 saturated heterocycles. The highest BCUT2D eigenvalue weighted by Crippen LogP contribution is 2.50. The fourth-order valence-corrected chi connectivity index (χ4v) is 3.87. The maximum absolute atomic E-state index is 11.4. The average molecular weight is 287 g/mol. The number of anilines is 1. The van der Waals surface area contributed by atoms with Crippen LogP contribution in [0.2, 0.25) is 0 Å². The number of nitrogens with zero attached hydrogens (tertiary/aromatic N) is 1. The van der Waals surface area contributed by atoms with Gasteiger partial charge in [0.1, 0.15) is 11.3 Å². The van der Waals surface area contributed by atoms with E-state index >= 15 is 0 Å². The van der Waals surface area contributed by atoms with Crippen molar-refractivity contribution in [1.29, 1.82) is 0 Å². The van der Waals surface area contributed by atoms with Crippen LogP contribution in [0, 0.1) is 13.8 Å². The van der Waals surface area contributed by atoms with Gasteiger partial charge in [-0.1, -0.05) is 11.8 Å². The molecule has 1 aliphatic heterocycles. The molecule has 1 aromatic heterocycles. The number of furan rings is 1. The van der Waals surface area contributed by atoms with Crippen molar-refractivity contribution in [3.63, 3.8) is 0 Å². The van der Waals surface area contributed by atoms with Gasteiger partial charge in [0.2, 0.25) is 0 Å². The lowest BCUT2D eigenvalue weighted by atomic mass is 10.1. The molecule has 2 heterocycles. The first-order valence-electron chi connectivity index (χ1n) is 6.73. The van der Waals surface area contributed by atoms with Crippen LogP contribution in [-0.4, -0.2) is 12.3 Å². The number of allylic oxidation sites excluding steroid dienone is 1. The van der Waals surface area contributed by atoms with E-state index in [1.54, 1.807) is 24.8 Å². The number of carbonyl (C=O) groups is 1. The molecule has 3 rings (SSSR count). The van der Waals surface area contributed by atoms with E-state index in [0.29, 0.717) is 0 Å². The average Bonchev–Trinajstić information content (AvgIpc) is 2.87. The summed E-state index contributed by atoms with van der Waals surface area (Å²) in [7, 11) is 0.